The number of carbonyl (C=O) groups is 2. The Kier molecular flexibility index (Phi) is 5.27. The van der Waals surface area contributed by atoms with Crippen LogP contribution < -0.4 is 4.74 Å². The van der Waals surface area contributed by atoms with Gasteiger partial charge < -0.3 is 14.5 Å². The zero-order chi connectivity index (χ0) is 20.6. The molecule has 3 rings (SSSR count). The van der Waals surface area contributed by atoms with Gasteiger partial charge in [0.1, 0.15) is 5.75 Å². The zero-order valence-corrected chi connectivity index (χ0v) is 17.0. The number of rotatable bonds is 5. The van der Waals surface area contributed by atoms with Gasteiger partial charge in [-0.1, -0.05) is 0 Å². The highest BCUT2D eigenvalue weighted by molar-refractivity contribution is 6.06. The normalized spacial score (nSPS) is 12.2. The van der Waals surface area contributed by atoms with Crippen molar-refractivity contribution in [2.24, 2.45) is 7.05 Å². The average molecular weight is 383 g/mol. The van der Waals surface area contributed by atoms with E-state index < -0.39 is 11.9 Å². The molecule has 0 bridgehead atoms. The molecule has 7 heteroatoms. The number of nitrogens with one attached hydrogen (secondary N) is 1. The van der Waals surface area contributed by atoms with E-state index in [1.165, 1.54) is 0 Å². The second kappa shape index (κ2) is 7.50. The first kappa shape index (κ1) is 19.7. The molecule has 0 spiro atoms. The Morgan fingerprint density at radius 3 is 2.57 bits per heavy atom. The van der Waals surface area contributed by atoms with E-state index in [0.29, 0.717) is 29.0 Å². The van der Waals surface area contributed by atoms with Gasteiger partial charge in [-0.3, -0.25) is 9.48 Å². The van der Waals surface area contributed by atoms with E-state index in [2.05, 4.69) is 10.1 Å². The Labute approximate surface area is 163 Å². The summed E-state index contributed by atoms with van der Waals surface area (Å²) in [7, 11) is 1.85. The first-order valence-electron chi connectivity index (χ1n) is 9.25. The highest BCUT2D eigenvalue weighted by atomic mass is 16.5. The van der Waals surface area contributed by atoms with Crippen LogP contribution in [0.2, 0.25) is 0 Å². The Hall–Kier alpha value is -3.09. The van der Waals surface area contributed by atoms with E-state index in [-0.39, 0.29) is 5.97 Å². The van der Waals surface area contributed by atoms with Gasteiger partial charge in [-0.2, -0.15) is 5.10 Å². The summed E-state index contributed by atoms with van der Waals surface area (Å²) in [6.07, 6.45) is 0. The van der Waals surface area contributed by atoms with Gasteiger partial charge in [0.15, 0.2) is 0 Å². The number of fused-ring (bicyclic) bond motifs is 1. The van der Waals surface area contributed by atoms with Crippen LogP contribution >= 0.6 is 0 Å². The lowest BCUT2D eigenvalue weighted by Gasteiger charge is -2.12. The minimum atomic E-state index is -0.457. The van der Waals surface area contributed by atoms with E-state index in [9.17, 15) is 9.59 Å². The fourth-order valence-electron chi connectivity index (χ4n) is 3.57. The quantitative estimate of drug-likeness (QED) is 0.536. The molecule has 1 N–H and O–H groups in total. The Bertz CT molecular complexity index is 1060. The van der Waals surface area contributed by atoms with Crippen LogP contribution in [-0.2, 0) is 16.6 Å². The smallest absolute Gasteiger partial charge is 0.340 e. The van der Waals surface area contributed by atoms with E-state index >= 15 is 0 Å². The molecule has 2 heterocycles. The van der Waals surface area contributed by atoms with Crippen LogP contribution in [-0.4, -0.2) is 33.3 Å². The number of nitrogens with zero attached hydrogens (tertiary/aromatic N) is 2. The number of benzene rings is 1. The molecular weight excluding hydrogens is 358 g/mol. The lowest BCUT2D eigenvalue weighted by Crippen LogP contribution is -2.17. The van der Waals surface area contributed by atoms with Crippen LogP contribution in [0.3, 0.4) is 0 Å². The maximum atomic E-state index is 12.7. The molecule has 0 amide bonds. The lowest BCUT2D eigenvalue weighted by atomic mass is 9.99. The second-order valence-electron chi connectivity index (χ2n) is 6.90. The number of H-pyrrole nitrogens is 1. The summed E-state index contributed by atoms with van der Waals surface area (Å²) in [6.45, 7) is 9.49. The molecule has 0 fully saturated rings. The third kappa shape index (κ3) is 3.40. The van der Waals surface area contributed by atoms with Crippen molar-refractivity contribution in [3.8, 4) is 5.75 Å². The van der Waals surface area contributed by atoms with E-state index in [1.807, 2.05) is 34.7 Å². The minimum absolute atomic E-state index is 0.293. The highest BCUT2D eigenvalue weighted by Gasteiger charge is 2.25. The number of carbonyl (C=O) groups excluding carboxylic acids is 2. The van der Waals surface area contributed by atoms with Gasteiger partial charge >= 0.3 is 11.9 Å². The van der Waals surface area contributed by atoms with Gasteiger partial charge in [-0.15, -0.1) is 0 Å². The molecule has 148 valence electrons. The van der Waals surface area contributed by atoms with E-state index in [1.54, 1.807) is 29.8 Å². The van der Waals surface area contributed by atoms with Crippen molar-refractivity contribution in [2.75, 3.05) is 6.61 Å². The topological polar surface area (TPSA) is 86.2 Å². The van der Waals surface area contributed by atoms with Crippen LogP contribution in [0.4, 0.5) is 0 Å². The Morgan fingerprint density at radius 1 is 1.25 bits per heavy atom. The summed E-state index contributed by atoms with van der Waals surface area (Å²) in [6, 6.07) is 5.19. The number of hydrogen-bond donors (Lipinski definition) is 1. The fraction of sp³-hybridized carbons (Fsp3) is 0.381. The van der Waals surface area contributed by atoms with Gasteiger partial charge in [0.05, 0.1) is 23.8 Å². The molecule has 0 aliphatic rings. The second-order valence-corrected chi connectivity index (χ2v) is 6.90. The summed E-state index contributed by atoms with van der Waals surface area (Å²) in [5.74, 6) is -0.844. The minimum Gasteiger partial charge on any atom is -0.462 e. The number of aryl methyl sites for hydroxylation is 3. The molecule has 3 aromatic rings. The maximum absolute atomic E-state index is 12.7. The molecule has 0 saturated heterocycles. The number of aromatic amines is 1. The third-order valence-corrected chi connectivity index (χ3v) is 5.01. The van der Waals surface area contributed by atoms with Crippen LogP contribution in [0.1, 0.15) is 52.8 Å². The van der Waals surface area contributed by atoms with Crippen molar-refractivity contribution < 1.29 is 19.1 Å². The van der Waals surface area contributed by atoms with Crippen molar-refractivity contribution in [1.82, 2.24) is 14.8 Å². The molecule has 0 saturated carbocycles. The summed E-state index contributed by atoms with van der Waals surface area (Å²) in [5, 5.41) is 5.04. The van der Waals surface area contributed by atoms with Crippen LogP contribution in [0, 0.1) is 20.8 Å². The summed E-state index contributed by atoms with van der Waals surface area (Å²) in [5.41, 5.74) is 4.58. The predicted octanol–water partition coefficient (Wildman–Crippen LogP) is 3.71. The van der Waals surface area contributed by atoms with Gasteiger partial charge in [-0.05, 0) is 52.8 Å². The van der Waals surface area contributed by atoms with Crippen LogP contribution in [0.15, 0.2) is 18.2 Å². The number of hydrogen-bond acceptors (Lipinski definition) is 5. The number of aromatic nitrogens is 3. The first-order valence-corrected chi connectivity index (χ1v) is 9.25. The number of ether oxygens (including phenoxy) is 2. The van der Waals surface area contributed by atoms with Gasteiger partial charge in [0, 0.05) is 34.9 Å². The molecule has 1 atom stereocenters. The molecule has 7 nitrogen and oxygen atoms in total. The molecule has 28 heavy (non-hydrogen) atoms. The van der Waals surface area contributed by atoms with Gasteiger partial charge in [0.2, 0.25) is 0 Å². The Morgan fingerprint density at radius 2 is 1.96 bits per heavy atom. The highest BCUT2D eigenvalue weighted by Crippen LogP contribution is 2.29. The standard InChI is InChI=1S/C21H25N3O4/c1-7-27-21(26)19-12(3)22-17-9-8-15(10-16(17)19)28-20(25)11(2)18-13(4)23-24(6)14(18)5/h8-11,22H,7H2,1-6H3. The largest absolute Gasteiger partial charge is 0.462 e. The first-order chi connectivity index (χ1) is 13.2. The van der Waals surface area contributed by atoms with Gasteiger partial charge in [0.25, 0.3) is 0 Å². The molecule has 0 aliphatic carbocycles. The SMILES string of the molecule is CCOC(=O)c1c(C)[nH]c2ccc(OC(=O)C(C)c3c(C)nn(C)c3C)cc12. The van der Waals surface area contributed by atoms with Crippen molar-refractivity contribution in [3.63, 3.8) is 0 Å². The third-order valence-electron chi connectivity index (χ3n) is 5.01. The Balaban J connectivity index is 1.90. The summed E-state index contributed by atoms with van der Waals surface area (Å²) >= 11 is 0. The molecule has 0 aliphatic heterocycles. The van der Waals surface area contributed by atoms with Crippen molar-refractivity contribution in [3.05, 3.63) is 46.4 Å². The van der Waals surface area contributed by atoms with Crippen molar-refractivity contribution in [1.29, 1.82) is 0 Å². The molecule has 0 radical (unpaired) electrons. The number of esters is 2. The van der Waals surface area contributed by atoms with E-state index in [4.69, 9.17) is 9.47 Å². The lowest BCUT2D eigenvalue weighted by molar-refractivity contribution is -0.135. The summed E-state index contributed by atoms with van der Waals surface area (Å²) < 4.78 is 12.5. The molecular formula is C21H25N3O4. The van der Waals surface area contributed by atoms with E-state index in [0.717, 1.165) is 22.5 Å². The zero-order valence-electron chi connectivity index (χ0n) is 17.0. The molecule has 1 unspecified atom stereocenters. The van der Waals surface area contributed by atoms with Gasteiger partial charge in [-0.25, -0.2) is 4.79 Å². The maximum Gasteiger partial charge on any atom is 0.340 e. The molecule has 1 aromatic carbocycles. The fourth-order valence-corrected chi connectivity index (χ4v) is 3.57. The molecule has 2 aromatic heterocycles. The average Bonchev–Trinajstić information content (AvgIpc) is 3.09. The van der Waals surface area contributed by atoms with Crippen LogP contribution in [0.5, 0.6) is 5.75 Å². The summed E-state index contributed by atoms with van der Waals surface area (Å²) in [4.78, 5) is 28.2. The van der Waals surface area contributed by atoms with Crippen molar-refractivity contribution >= 4 is 22.8 Å². The predicted molar refractivity (Wildman–Crippen MR) is 106 cm³/mol. The monoisotopic (exact) mass is 383 g/mol. The van der Waals surface area contributed by atoms with Crippen LogP contribution in [0.25, 0.3) is 10.9 Å². The van der Waals surface area contributed by atoms with Crippen molar-refractivity contribution in [2.45, 2.75) is 40.5 Å².